The molecule has 0 bridgehead atoms. The van der Waals surface area contributed by atoms with Crippen molar-refractivity contribution in [2.75, 3.05) is 0 Å². The number of fused-ring (bicyclic) bond motifs is 1. The van der Waals surface area contributed by atoms with Crippen LogP contribution in [0.1, 0.15) is 26.5 Å². The first-order valence-corrected chi connectivity index (χ1v) is 6.40. The minimum Gasteiger partial charge on any atom is -0.506 e. The third kappa shape index (κ3) is 2.30. The van der Waals surface area contributed by atoms with Crippen molar-refractivity contribution in [3.63, 3.8) is 0 Å². The quantitative estimate of drug-likeness (QED) is 0.889. The zero-order valence-corrected chi connectivity index (χ0v) is 11.5. The molecule has 0 fully saturated rings. The Hall–Kier alpha value is -1.97. The lowest BCUT2D eigenvalue weighted by atomic mass is 9.88. The first-order chi connectivity index (χ1) is 8.86. The number of benzene rings is 1. The van der Waals surface area contributed by atoms with Crippen molar-refractivity contribution in [2.45, 2.75) is 33.7 Å². The lowest BCUT2D eigenvalue weighted by molar-refractivity contribution is -0.146. The van der Waals surface area contributed by atoms with Crippen LogP contribution in [0.3, 0.4) is 0 Å². The second kappa shape index (κ2) is 4.61. The molecule has 2 aromatic rings. The molecule has 1 aromatic carbocycles. The van der Waals surface area contributed by atoms with Gasteiger partial charge in [-0.15, -0.1) is 0 Å². The monoisotopic (exact) mass is 261 g/mol. The molecule has 1 aromatic heterocycles. The van der Waals surface area contributed by atoms with Crippen molar-refractivity contribution in [3.8, 4) is 5.75 Å². The van der Waals surface area contributed by atoms with Crippen LogP contribution in [0.2, 0.25) is 0 Å². The van der Waals surface area contributed by atoms with E-state index < -0.39 is 11.4 Å². The number of nitrogens with zero attached hydrogens (tertiary/aromatic N) is 1. The van der Waals surface area contributed by atoms with Crippen molar-refractivity contribution in [2.24, 2.45) is 5.41 Å². The van der Waals surface area contributed by atoms with E-state index in [0.717, 1.165) is 16.6 Å². The largest absolute Gasteiger partial charge is 0.506 e. The van der Waals surface area contributed by atoms with Gasteiger partial charge in [-0.2, -0.15) is 0 Å². The topological polar surface area (TPSA) is 62.5 Å². The maximum Gasteiger partial charge on any atom is 0.309 e. The summed E-state index contributed by atoms with van der Waals surface area (Å²) in [5.74, 6) is -0.580. The predicted molar refractivity (Wildman–Crippen MR) is 74.4 cm³/mol. The van der Waals surface area contributed by atoms with Gasteiger partial charge in [-0.3, -0.25) is 4.79 Å². The molecule has 0 aliphatic rings. The molecule has 2 N–H and O–H groups in total. The van der Waals surface area contributed by atoms with Gasteiger partial charge in [-0.05, 0) is 32.9 Å². The van der Waals surface area contributed by atoms with E-state index in [9.17, 15) is 15.0 Å². The molecule has 1 heterocycles. The number of aliphatic carboxylic acids is 1. The van der Waals surface area contributed by atoms with E-state index in [1.165, 1.54) is 0 Å². The van der Waals surface area contributed by atoms with E-state index in [1.807, 2.05) is 23.6 Å². The zero-order chi connectivity index (χ0) is 14.2. The van der Waals surface area contributed by atoms with Gasteiger partial charge in [0.2, 0.25) is 0 Å². The summed E-state index contributed by atoms with van der Waals surface area (Å²) < 4.78 is 1.98. The van der Waals surface area contributed by atoms with E-state index in [0.29, 0.717) is 13.0 Å². The summed E-state index contributed by atoms with van der Waals surface area (Å²) in [5.41, 5.74) is 0.893. The number of aryl methyl sites for hydroxylation is 1. The highest BCUT2D eigenvalue weighted by atomic mass is 16.4. The van der Waals surface area contributed by atoms with Crippen molar-refractivity contribution in [3.05, 3.63) is 30.0 Å². The number of rotatable bonds is 4. The fourth-order valence-electron chi connectivity index (χ4n) is 2.40. The molecule has 0 unspecified atom stereocenters. The van der Waals surface area contributed by atoms with Crippen LogP contribution >= 0.6 is 0 Å². The van der Waals surface area contributed by atoms with Gasteiger partial charge in [-0.25, -0.2) is 0 Å². The Labute approximate surface area is 112 Å². The maximum absolute atomic E-state index is 11.2. The maximum atomic E-state index is 11.2. The molecule has 0 saturated heterocycles. The number of carbonyl (C=O) groups is 1. The van der Waals surface area contributed by atoms with Gasteiger partial charge in [0, 0.05) is 24.0 Å². The van der Waals surface area contributed by atoms with Crippen molar-refractivity contribution < 1.29 is 15.0 Å². The minimum absolute atomic E-state index is 0.235. The number of phenolic OH excluding ortho intramolecular Hbond substituents is 1. The molecule has 0 aliphatic heterocycles. The van der Waals surface area contributed by atoms with Crippen LogP contribution in [0, 0.1) is 5.41 Å². The minimum atomic E-state index is -0.823. The molecule has 0 spiro atoms. The van der Waals surface area contributed by atoms with Crippen LogP contribution < -0.4 is 0 Å². The Bertz CT molecular complexity index is 626. The third-order valence-electron chi connectivity index (χ3n) is 3.50. The van der Waals surface area contributed by atoms with Crippen LogP contribution in [0.5, 0.6) is 5.75 Å². The van der Waals surface area contributed by atoms with Crippen LogP contribution in [-0.4, -0.2) is 20.7 Å². The van der Waals surface area contributed by atoms with Crippen LogP contribution in [0.25, 0.3) is 10.9 Å². The molecular weight excluding hydrogens is 242 g/mol. The van der Waals surface area contributed by atoms with Gasteiger partial charge >= 0.3 is 5.97 Å². The molecule has 4 nitrogen and oxygen atoms in total. The summed E-state index contributed by atoms with van der Waals surface area (Å²) in [4.78, 5) is 11.2. The fraction of sp³-hybridized carbons (Fsp3) is 0.400. The Morgan fingerprint density at radius 3 is 2.63 bits per heavy atom. The molecule has 0 aliphatic carbocycles. The molecule has 0 amide bonds. The van der Waals surface area contributed by atoms with Gasteiger partial charge < -0.3 is 14.8 Å². The SMILES string of the molecule is CCn1c(CC(C)(C)C(=O)O)cc2cccc(O)c21. The summed E-state index contributed by atoms with van der Waals surface area (Å²) in [6.07, 6.45) is 0.435. The first-order valence-electron chi connectivity index (χ1n) is 6.40. The van der Waals surface area contributed by atoms with Gasteiger partial charge in [0.25, 0.3) is 0 Å². The van der Waals surface area contributed by atoms with Gasteiger partial charge in [0.15, 0.2) is 0 Å². The lowest BCUT2D eigenvalue weighted by Gasteiger charge is -2.20. The van der Waals surface area contributed by atoms with E-state index in [2.05, 4.69) is 0 Å². The molecule has 0 atom stereocenters. The molecule has 2 rings (SSSR count). The number of aromatic nitrogens is 1. The second-order valence-electron chi connectivity index (χ2n) is 5.46. The summed E-state index contributed by atoms with van der Waals surface area (Å²) >= 11 is 0. The van der Waals surface area contributed by atoms with Crippen LogP contribution in [-0.2, 0) is 17.8 Å². The van der Waals surface area contributed by atoms with Crippen molar-refractivity contribution in [1.29, 1.82) is 0 Å². The highest BCUT2D eigenvalue weighted by Crippen LogP contribution is 2.31. The Kier molecular flexibility index (Phi) is 3.27. The first kappa shape index (κ1) is 13.5. The van der Waals surface area contributed by atoms with E-state index in [1.54, 1.807) is 26.0 Å². The van der Waals surface area contributed by atoms with Crippen LogP contribution in [0.4, 0.5) is 0 Å². The molecule has 4 heteroatoms. The lowest BCUT2D eigenvalue weighted by Crippen LogP contribution is -2.27. The summed E-state index contributed by atoms with van der Waals surface area (Å²) in [5, 5.41) is 20.1. The number of aromatic hydroxyl groups is 1. The highest BCUT2D eigenvalue weighted by Gasteiger charge is 2.29. The van der Waals surface area contributed by atoms with E-state index in [-0.39, 0.29) is 5.75 Å². The van der Waals surface area contributed by atoms with Gasteiger partial charge in [-0.1, -0.05) is 12.1 Å². The van der Waals surface area contributed by atoms with Crippen molar-refractivity contribution >= 4 is 16.9 Å². The Morgan fingerprint density at radius 2 is 2.05 bits per heavy atom. The normalized spacial score (nSPS) is 11.9. The van der Waals surface area contributed by atoms with Crippen molar-refractivity contribution in [1.82, 2.24) is 4.57 Å². The molecular formula is C15H19NO3. The number of carboxylic acids is 1. The van der Waals surface area contributed by atoms with E-state index >= 15 is 0 Å². The van der Waals surface area contributed by atoms with Gasteiger partial charge in [0.1, 0.15) is 5.75 Å². The molecule has 102 valence electrons. The summed E-state index contributed by atoms with van der Waals surface area (Å²) in [6.45, 7) is 6.12. The average molecular weight is 261 g/mol. The number of hydrogen-bond acceptors (Lipinski definition) is 2. The van der Waals surface area contributed by atoms with Gasteiger partial charge in [0.05, 0.1) is 10.9 Å². The average Bonchev–Trinajstić information content (AvgIpc) is 2.66. The van der Waals surface area contributed by atoms with Crippen LogP contribution in [0.15, 0.2) is 24.3 Å². The fourth-order valence-corrected chi connectivity index (χ4v) is 2.40. The molecule has 0 radical (unpaired) electrons. The zero-order valence-electron chi connectivity index (χ0n) is 11.5. The second-order valence-corrected chi connectivity index (χ2v) is 5.46. The Morgan fingerprint density at radius 1 is 1.37 bits per heavy atom. The number of carboxylic acid groups (broad SMARTS) is 1. The Balaban J connectivity index is 2.56. The number of hydrogen-bond donors (Lipinski definition) is 2. The third-order valence-corrected chi connectivity index (χ3v) is 3.50. The highest BCUT2D eigenvalue weighted by molar-refractivity contribution is 5.87. The molecule has 0 saturated carbocycles. The molecule has 19 heavy (non-hydrogen) atoms. The standard InChI is InChI=1S/C15H19NO3/c1-4-16-11(9-15(2,3)14(18)19)8-10-6-5-7-12(17)13(10)16/h5-8,17H,4,9H2,1-3H3,(H,18,19). The summed E-state index contributed by atoms with van der Waals surface area (Å²) in [7, 11) is 0. The van der Waals surface area contributed by atoms with E-state index in [4.69, 9.17) is 0 Å². The summed E-state index contributed by atoms with van der Waals surface area (Å²) in [6, 6.07) is 7.34. The number of para-hydroxylation sites is 1. The number of phenols is 1. The smallest absolute Gasteiger partial charge is 0.309 e. The predicted octanol–water partition coefficient (Wildman–Crippen LogP) is 3.02.